The minimum atomic E-state index is -0.257. The van der Waals surface area contributed by atoms with Crippen LogP contribution >= 0.6 is 0 Å². The summed E-state index contributed by atoms with van der Waals surface area (Å²) in [6, 6.07) is 6.85. The number of benzene rings is 1. The van der Waals surface area contributed by atoms with Crippen LogP contribution in [-0.2, 0) is 28.4 Å². The second kappa shape index (κ2) is 23.0. The lowest BCUT2D eigenvalue weighted by Gasteiger charge is -2.22. The van der Waals surface area contributed by atoms with Gasteiger partial charge in [-0.2, -0.15) is 0 Å². The van der Waals surface area contributed by atoms with Crippen LogP contribution in [0.1, 0.15) is 53.3 Å². The highest BCUT2D eigenvalue weighted by Gasteiger charge is 2.34. The van der Waals surface area contributed by atoms with Crippen LogP contribution in [0.25, 0.3) is 0 Å². The molecule has 1 saturated heterocycles. The number of nitrogens with zero attached hydrogens (tertiary/aromatic N) is 1. The monoisotopic (exact) mass is 541 g/mol. The summed E-state index contributed by atoms with van der Waals surface area (Å²) in [5, 5.41) is 0. The van der Waals surface area contributed by atoms with Crippen molar-refractivity contribution in [2.24, 2.45) is 11.5 Å². The summed E-state index contributed by atoms with van der Waals surface area (Å²) in [7, 11) is 1.50. The molecule has 0 spiro atoms. The lowest BCUT2D eigenvalue weighted by Crippen LogP contribution is -2.33. The molecule has 0 aliphatic carbocycles. The zero-order chi connectivity index (χ0) is 27.8. The van der Waals surface area contributed by atoms with Crippen LogP contribution in [0.5, 0.6) is 0 Å². The van der Waals surface area contributed by atoms with Crippen LogP contribution in [0, 0.1) is 0 Å². The summed E-state index contributed by atoms with van der Waals surface area (Å²) in [6.45, 7) is 8.63. The number of hydrogen-bond acceptors (Lipinski definition) is 10. The van der Waals surface area contributed by atoms with Gasteiger partial charge >= 0.3 is 0 Å². The largest absolute Gasteiger partial charge is 0.379 e. The summed E-state index contributed by atoms with van der Waals surface area (Å²) in [5.41, 5.74) is 10.6. The highest BCUT2D eigenvalue weighted by molar-refractivity contribution is 6.21. The van der Waals surface area contributed by atoms with Gasteiger partial charge in [-0.15, -0.1) is 0 Å². The van der Waals surface area contributed by atoms with Crippen LogP contribution in [0.3, 0.4) is 0 Å². The van der Waals surface area contributed by atoms with E-state index in [1.807, 2.05) is 0 Å². The molecule has 2 amide bonds. The van der Waals surface area contributed by atoms with Crippen LogP contribution in [-0.4, -0.2) is 109 Å². The summed E-state index contributed by atoms with van der Waals surface area (Å²) in [6.07, 6.45) is 4.17. The van der Waals surface area contributed by atoms with Crippen LogP contribution in [0.4, 0.5) is 0 Å². The Labute approximate surface area is 227 Å². The van der Waals surface area contributed by atoms with E-state index in [9.17, 15) is 9.59 Å². The summed E-state index contributed by atoms with van der Waals surface area (Å²) >= 11 is 0. The third-order valence-corrected chi connectivity index (χ3v) is 5.36. The normalized spacial score (nSPS) is 16.4. The molecule has 0 bridgehead atoms. The number of hydrogen-bond donors (Lipinski definition) is 2. The molecule has 1 aromatic carbocycles. The number of carbonyl (C=O) groups is 2. The molecule has 38 heavy (non-hydrogen) atoms. The first-order valence-corrected chi connectivity index (χ1v) is 13.5. The van der Waals surface area contributed by atoms with Gasteiger partial charge in [0.2, 0.25) is 0 Å². The summed E-state index contributed by atoms with van der Waals surface area (Å²) in [4.78, 5) is 25.6. The molecule has 4 N–H and O–H groups in total. The smallest absolute Gasteiger partial charge is 0.261 e. The summed E-state index contributed by atoms with van der Waals surface area (Å²) < 4.78 is 32.2. The Balaban J connectivity index is 0.000000510. The van der Waals surface area contributed by atoms with Gasteiger partial charge in [0.05, 0.1) is 70.5 Å². The minimum Gasteiger partial charge on any atom is -0.379 e. The van der Waals surface area contributed by atoms with E-state index in [0.717, 1.165) is 38.9 Å². The lowest BCUT2D eigenvalue weighted by molar-refractivity contribution is -0.169. The molecule has 0 saturated carbocycles. The Bertz CT molecular complexity index is 704. The van der Waals surface area contributed by atoms with Crippen molar-refractivity contribution in [3.8, 4) is 0 Å². The lowest BCUT2D eigenvalue weighted by atomic mass is 10.1. The first-order valence-electron chi connectivity index (χ1n) is 13.5. The molecule has 1 fully saturated rings. The Morgan fingerprint density at radius 2 is 1.37 bits per heavy atom. The van der Waals surface area contributed by atoms with Crippen LogP contribution in [0.15, 0.2) is 24.3 Å². The van der Waals surface area contributed by atoms with Crippen molar-refractivity contribution in [3.63, 3.8) is 0 Å². The fourth-order valence-electron chi connectivity index (χ4n) is 3.55. The highest BCUT2D eigenvalue weighted by Crippen LogP contribution is 2.21. The fourth-order valence-corrected chi connectivity index (χ4v) is 3.55. The average molecular weight is 542 g/mol. The van der Waals surface area contributed by atoms with Gasteiger partial charge in [-0.25, -0.2) is 0 Å². The van der Waals surface area contributed by atoms with E-state index in [0.29, 0.717) is 70.5 Å². The fraction of sp³-hybridized carbons (Fsp3) is 0.704. The molecular formula is C27H47N3O8. The number of fused-ring (bicyclic) bond motifs is 1. The number of carbonyl (C=O) groups excluding carboxylic acids is 2. The summed E-state index contributed by atoms with van der Waals surface area (Å²) in [5.74, 6) is -0.514. The van der Waals surface area contributed by atoms with Crippen molar-refractivity contribution >= 4 is 11.8 Å². The molecule has 11 heteroatoms. The number of rotatable bonds is 17. The number of amides is 2. The third kappa shape index (κ3) is 13.7. The highest BCUT2D eigenvalue weighted by atomic mass is 16.7. The van der Waals surface area contributed by atoms with Gasteiger partial charge in [0.1, 0.15) is 0 Å². The predicted molar refractivity (Wildman–Crippen MR) is 144 cm³/mol. The zero-order valence-electron chi connectivity index (χ0n) is 23.1. The molecular weight excluding hydrogens is 494 g/mol. The Kier molecular flexibility index (Phi) is 20.6. The molecule has 0 radical (unpaired) electrons. The molecule has 2 aliphatic heterocycles. The van der Waals surface area contributed by atoms with Gasteiger partial charge in [0.15, 0.2) is 6.29 Å². The van der Waals surface area contributed by atoms with Crippen molar-refractivity contribution in [2.75, 3.05) is 86.2 Å². The Morgan fingerprint density at radius 3 is 1.92 bits per heavy atom. The maximum absolute atomic E-state index is 12.2. The van der Waals surface area contributed by atoms with E-state index in [4.69, 9.17) is 34.2 Å². The molecule has 1 aromatic rings. The van der Waals surface area contributed by atoms with E-state index < -0.39 is 0 Å². The second-order valence-corrected chi connectivity index (χ2v) is 8.21. The topological polar surface area (TPSA) is 145 Å². The molecule has 1 unspecified atom stereocenters. The Hall–Kier alpha value is -1.96. The minimum absolute atomic E-state index is 0.0942. The molecule has 3 rings (SSSR count). The van der Waals surface area contributed by atoms with E-state index in [2.05, 4.69) is 12.7 Å². The maximum atomic E-state index is 12.2. The van der Waals surface area contributed by atoms with Crippen LogP contribution < -0.4 is 11.5 Å². The molecule has 2 heterocycles. The molecule has 1 atom stereocenters. The zero-order valence-corrected chi connectivity index (χ0v) is 23.1. The predicted octanol–water partition coefficient (Wildman–Crippen LogP) is 1.82. The van der Waals surface area contributed by atoms with E-state index in [1.54, 1.807) is 24.3 Å². The van der Waals surface area contributed by atoms with Crippen LogP contribution in [0.2, 0.25) is 0 Å². The standard InChI is InChI=1S/C19H25NO6.C7H17NO2.CH5N/c21-18-15-5-1-2-6-16(15)19(22)20(18)8-10-23-11-12-24-13-14-26-17-7-3-4-9-25-17;1-2-4-9-6-7-10-5-3-8;1-2/h1-2,5-6,17H,3-4,7-14H2;2-8H2,1H3;2H2,1H3. The van der Waals surface area contributed by atoms with Crippen molar-refractivity contribution < 1.29 is 38.0 Å². The van der Waals surface area contributed by atoms with Gasteiger partial charge in [-0.05, 0) is 44.9 Å². The quantitative estimate of drug-likeness (QED) is 0.221. The average Bonchev–Trinajstić information content (AvgIpc) is 3.21. The molecule has 218 valence electrons. The van der Waals surface area contributed by atoms with Gasteiger partial charge in [0.25, 0.3) is 11.8 Å². The van der Waals surface area contributed by atoms with Crippen molar-refractivity contribution in [3.05, 3.63) is 35.4 Å². The van der Waals surface area contributed by atoms with Crippen molar-refractivity contribution in [1.29, 1.82) is 0 Å². The third-order valence-electron chi connectivity index (χ3n) is 5.36. The first kappa shape index (κ1) is 34.1. The van der Waals surface area contributed by atoms with Gasteiger partial charge in [0, 0.05) is 19.8 Å². The van der Waals surface area contributed by atoms with E-state index >= 15 is 0 Å². The second-order valence-electron chi connectivity index (χ2n) is 8.21. The van der Waals surface area contributed by atoms with Gasteiger partial charge < -0.3 is 39.9 Å². The van der Waals surface area contributed by atoms with E-state index in [-0.39, 0.29) is 24.6 Å². The Morgan fingerprint density at radius 1 is 0.816 bits per heavy atom. The first-order chi connectivity index (χ1) is 18.7. The van der Waals surface area contributed by atoms with Gasteiger partial charge in [-0.3, -0.25) is 14.5 Å². The number of ether oxygens (including phenoxy) is 6. The molecule has 0 aromatic heterocycles. The number of nitrogens with two attached hydrogens (primary N) is 2. The van der Waals surface area contributed by atoms with Crippen molar-refractivity contribution in [2.45, 2.75) is 38.9 Å². The maximum Gasteiger partial charge on any atom is 0.261 e. The van der Waals surface area contributed by atoms with Crippen molar-refractivity contribution in [1.82, 2.24) is 4.90 Å². The molecule has 2 aliphatic rings. The number of imide groups is 1. The SMILES string of the molecule is CCCOCCOCCN.CN.O=C1c2ccccc2C(=O)N1CCOCCOCCOC1CCCCO1. The molecule has 11 nitrogen and oxygen atoms in total. The van der Waals surface area contributed by atoms with E-state index in [1.165, 1.54) is 11.9 Å². The van der Waals surface area contributed by atoms with Gasteiger partial charge in [-0.1, -0.05) is 19.1 Å².